The quantitative estimate of drug-likeness (QED) is 0.485. The average molecular weight is 407 g/mol. The van der Waals surface area contributed by atoms with Crippen molar-refractivity contribution in [3.05, 3.63) is 59.7 Å². The van der Waals surface area contributed by atoms with E-state index in [1.807, 2.05) is 62.4 Å². The van der Waals surface area contributed by atoms with Crippen LogP contribution in [0.15, 0.2) is 58.1 Å². The molecule has 10 heteroatoms. The summed E-state index contributed by atoms with van der Waals surface area (Å²) in [6.45, 7) is 3.99. The van der Waals surface area contributed by atoms with Gasteiger partial charge in [0.05, 0.1) is 11.4 Å². The Hall–Kier alpha value is -3.53. The number of benzene rings is 2. The van der Waals surface area contributed by atoms with Gasteiger partial charge in [0.25, 0.3) is 0 Å². The fourth-order valence-electron chi connectivity index (χ4n) is 2.62. The predicted molar refractivity (Wildman–Crippen MR) is 108 cm³/mol. The first-order valence-corrected chi connectivity index (χ1v) is 9.76. The SMILES string of the molecule is Cc1ccc(C)c(-n2nnnc2SCC(=O)Nc2nnc(-c3ccccc3)o2)c1. The molecule has 0 aliphatic heterocycles. The van der Waals surface area contributed by atoms with E-state index < -0.39 is 0 Å². The number of aryl methyl sites for hydroxylation is 2. The lowest BCUT2D eigenvalue weighted by molar-refractivity contribution is -0.113. The summed E-state index contributed by atoms with van der Waals surface area (Å²) in [5, 5.41) is 22.7. The molecular weight excluding hydrogens is 390 g/mol. The summed E-state index contributed by atoms with van der Waals surface area (Å²) in [4.78, 5) is 12.3. The summed E-state index contributed by atoms with van der Waals surface area (Å²) in [5.41, 5.74) is 3.79. The molecule has 0 bridgehead atoms. The van der Waals surface area contributed by atoms with Gasteiger partial charge in [-0.25, -0.2) is 0 Å². The van der Waals surface area contributed by atoms with Gasteiger partial charge in [-0.3, -0.25) is 10.1 Å². The number of thioether (sulfide) groups is 1. The molecule has 0 atom stereocenters. The molecule has 2 aromatic heterocycles. The first kappa shape index (κ1) is 18.8. The van der Waals surface area contributed by atoms with Gasteiger partial charge in [-0.15, -0.1) is 10.2 Å². The number of nitrogens with one attached hydrogen (secondary N) is 1. The molecule has 0 radical (unpaired) electrons. The first-order valence-electron chi connectivity index (χ1n) is 8.78. The van der Waals surface area contributed by atoms with Crippen LogP contribution in [-0.2, 0) is 4.79 Å². The molecule has 0 spiro atoms. The number of carbonyl (C=O) groups excluding carboxylic acids is 1. The molecule has 1 amide bonds. The van der Waals surface area contributed by atoms with Crippen LogP contribution in [0, 0.1) is 13.8 Å². The third-order valence-corrected chi connectivity index (χ3v) is 4.98. The number of anilines is 1. The molecule has 0 aliphatic rings. The molecule has 0 saturated carbocycles. The van der Waals surface area contributed by atoms with E-state index in [4.69, 9.17) is 4.42 Å². The van der Waals surface area contributed by atoms with Crippen LogP contribution in [0.4, 0.5) is 6.01 Å². The molecule has 0 fully saturated rings. The minimum Gasteiger partial charge on any atom is -0.403 e. The van der Waals surface area contributed by atoms with Crippen LogP contribution in [0.1, 0.15) is 11.1 Å². The van der Waals surface area contributed by atoms with Crippen molar-refractivity contribution < 1.29 is 9.21 Å². The molecular formula is C19H17N7O2S. The van der Waals surface area contributed by atoms with E-state index in [9.17, 15) is 4.79 Å². The standard InChI is InChI=1S/C19H17N7O2S/c1-12-8-9-13(2)15(10-12)26-19(23-24-25-26)29-11-16(27)20-18-22-21-17(28-18)14-6-4-3-5-7-14/h3-10H,11H2,1-2H3,(H,20,22,27). The monoisotopic (exact) mass is 407 g/mol. The predicted octanol–water partition coefficient (Wildman–Crippen LogP) is 3.06. The maximum absolute atomic E-state index is 12.3. The van der Waals surface area contributed by atoms with Crippen LogP contribution in [0.3, 0.4) is 0 Å². The Morgan fingerprint density at radius 2 is 1.93 bits per heavy atom. The molecule has 4 aromatic rings. The smallest absolute Gasteiger partial charge is 0.322 e. The molecule has 146 valence electrons. The highest BCUT2D eigenvalue weighted by Gasteiger charge is 2.15. The number of hydrogen-bond donors (Lipinski definition) is 1. The summed E-state index contributed by atoms with van der Waals surface area (Å²) >= 11 is 1.22. The lowest BCUT2D eigenvalue weighted by Crippen LogP contribution is -2.15. The second-order valence-electron chi connectivity index (χ2n) is 6.28. The van der Waals surface area contributed by atoms with Crippen molar-refractivity contribution in [2.45, 2.75) is 19.0 Å². The van der Waals surface area contributed by atoms with Gasteiger partial charge in [0.2, 0.25) is 17.0 Å². The number of rotatable bonds is 6. The fraction of sp³-hybridized carbons (Fsp3) is 0.158. The Bertz CT molecular complexity index is 1140. The van der Waals surface area contributed by atoms with Crippen LogP contribution < -0.4 is 5.32 Å². The van der Waals surface area contributed by atoms with E-state index in [0.29, 0.717) is 11.0 Å². The third-order valence-electron chi connectivity index (χ3n) is 4.06. The number of tetrazole rings is 1. The van der Waals surface area contributed by atoms with Crippen molar-refractivity contribution in [2.75, 3.05) is 11.1 Å². The zero-order chi connectivity index (χ0) is 20.2. The minimum atomic E-state index is -0.297. The molecule has 2 aromatic carbocycles. The Labute approximate surface area is 170 Å². The van der Waals surface area contributed by atoms with E-state index in [1.54, 1.807) is 4.68 Å². The highest BCUT2D eigenvalue weighted by Crippen LogP contribution is 2.22. The Morgan fingerprint density at radius 3 is 2.76 bits per heavy atom. The van der Waals surface area contributed by atoms with E-state index in [0.717, 1.165) is 22.4 Å². The Balaban J connectivity index is 1.41. The number of aromatic nitrogens is 6. The highest BCUT2D eigenvalue weighted by molar-refractivity contribution is 7.99. The van der Waals surface area contributed by atoms with E-state index in [2.05, 4.69) is 31.0 Å². The molecule has 4 rings (SSSR count). The second-order valence-corrected chi connectivity index (χ2v) is 7.22. The largest absolute Gasteiger partial charge is 0.403 e. The zero-order valence-electron chi connectivity index (χ0n) is 15.7. The highest BCUT2D eigenvalue weighted by atomic mass is 32.2. The number of carbonyl (C=O) groups is 1. The van der Waals surface area contributed by atoms with Gasteiger partial charge in [-0.2, -0.15) is 4.68 Å². The molecule has 2 heterocycles. The molecule has 1 N–H and O–H groups in total. The molecule has 0 aliphatic carbocycles. The van der Waals surface area contributed by atoms with Gasteiger partial charge in [0.15, 0.2) is 0 Å². The average Bonchev–Trinajstić information content (AvgIpc) is 3.38. The number of nitrogens with zero attached hydrogens (tertiary/aromatic N) is 6. The van der Waals surface area contributed by atoms with Crippen molar-refractivity contribution in [3.8, 4) is 17.1 Å². The third kappa shape index (κ3) is 4.32. The number of hydrogen-bond acceptors (Lipinski definition) is 8. The van der Waals surface area contributed by atoms with Crippen molar-refractivity contribution in [3.63, 3.8) is 0 Å². The topological polar surface area (TPSA) is 112 Å². The minimum absolute atomic E-state index is 0.0450. The second kappa shape index (κ2) is 8.23. The van der Waals surface area contributed by atoms with Gasteiger partial charge in [0.1, 0.15) is 0 Å². The number of amides is 1. The van der Waals surface area contributed by atoms with Crippen molar-refractivity contribution in [1.82, 2.24) is 30.4 Å². The summed E-state index contributed by atoms with van der Waals surface area (Å²) in [7, 11) is 0. The van der Waals surface area contributed by atoms with Crippen molar-refractivity contribution in [2.24, 2.45) is 0 Å². The lowest BCUT2D eigenvalue weighted by atomic mass is 10.1. The maximum atomic E-state index is 12.3. The Morgan fingerprint density at radius 1 is 1.10 bits per heavy atom. The molecule has 9 nitrogen and oxygen atoms in total. The van der Waals surface area contributed by atoms with Gasteiger partial charge in [0, 0.05) is 5.56 Å². The van der Waals surface area contributed by atoms with Crippen LogP contribution in [0.2, 0.25) is 0 Å². The Kier molecular flexibility index (Phi) is 5.34. The zero-order valence-corrected chi connectivity index (χ0v) is 16.6. The normalized spacial score (nSPS) is 10.8. The molecule has 0 unspecified atom stereocenters. The summed E-state index contributed by atoms with van der Waals surface area (Å²) in [6, 6.07) is 15.4. The van der Waals surface area contributed by atoms with Gasteiger partial charge in [-0.05, 0) is 53.6 Å². The van der Waals surface area contributed by atoms with Gasteiger partial charge >= 0.3 is 6.01 Å². The maximum Gasteiger partial charge on any atom is 0.322 e. The van der Waals surface area contributed by atoms with Crippen LogP contribution in [0.5, 0.6) is 0 Å². The van der Waals surface area contributed by atoms with E-state index >= 15 is 0 Å². The summed E-state index contributed by atoms with van der Waals surface area (Å²) in [5.74, 6) is 0.134. The summed E-state index contributed by atoms with van der Waals surface area (Å²) < 4.78 is 7.12. The van der Waals surface area contributed by atoms with Crippen LogP contribution in [0.25, 0.3) is 17.1 Å². The molecule has 0 saturated heterocycles. The van der Waals surface area contributed by atoms with Crippen molar-refractivity contribution >= 4 is 23.7 Å². The summed E-state index contributed by atoms with van der Waals surface area (Å²) in [6.07, 6.45) is 0. The molecule has 29 heavy (non-hydrogen) atoms. The van der Waals surface area contributed by atoms with Crippen molar-refractivity contribution in [1.29, 1.82) is 0 Å². The first-order chi connectivity index (χ1) is 14.1. The van der Waals surface area contributed by atoms with Crippen LogP contribution in [-0.4, -0.2) is 42.1 Å². The van der Waals surface area contributed by atoms with E-state index in [1.165, 1.54) is 11.8 Å². The fourth-order valence-corrected chi connectivity index (χ4v) is 3.31. The van der Waals surface area contributed by atoms with Gasteiger partial charge < -0.3 is 4.42 Å². The lowest BCUT2D eigenvalue weighted by Gasteiger charge is -2.08. The van der Waals surface area contributed by atoms with E-state index in [-0.39, 0.29) is 17.7 Å². The van der Waals surface area contributed by atoms with Crippen LogP contribution >= 0.6 is 11.8 Å². The van der Waals surface area contributed by atoms with Gasteiger partial charge in [-0.1, -0.05) is 47.2 Å².